The first-order valence-electron chi connectivity index (χ1n) is 6.92. The predicted molar refractivity (Wildman–Crippen MR) is 93.5 cm³/mol. The van der Waals surface area contributed by atoms with Crippen LogP contribution in [0.25, 0.3) is 10.9 Å². The molecule has 0 radical (unpaired) electrons. The Balaban J connectivity index is 1.85. The number of fused-ring (bicyclic) bond motifs is 1. The Morgan fingerprint density at radius 2 is 1.83 bits per heavy atom. The molecule has 6 heteroatoms. The van der Waals surface area contributed by atoms with E-state index >= 15 is 0 Å². The Morgan fingerprint density at radius 1 is 1.04 bits per heavy atom. The zero-order chi connectivity index (χ0) is 16.4. The summed E-state index contributed by atoms with van der Waals surface area (Å²) in [5.41, 5.74) is 2.03. The SMILES string of the molecule is COc1ccc(NC(=O)c2cc3ccc(Br)cc3[nH]2)cc1OC. The number of benzene rings is 2. The van der Waals surface area contributed by atoms with Crippen LogP contribution in [0.1, 0.15) is 10.5 Å². The first-order chi connectivity index (χ1) is 11.1. The molecule has 1 amide bonds. The van der Waals surface area contributed by atoms with Gasteiger partial charge in [0.15, 0.2) is 11.5 Å². The lowest BCUT2D eigenvalue weighted by Crippen LogP contribution is -2.12. The summed E-state index contributed by atoms with van der Waals surface area (Å²) in [7, 11) is 3.12. The number of nitrogens with one attached hydrogen (secondary N) is 2. The summed E-state index contributed by atoms with van der Waals surface area (Å²) in [5.74, 6) is 0.955. The van der Waals surface area contributed by atoms with Crippen molar-refractivity contribution in [2.45, 2.75) is 0 Å². The van der Waals surface area contributed by atoms with E-state index in [1.807, 2.05) is 24.3 Å². The van der Waals surface area contributed by atoms with Crippen LogP contribution in [-0.2, 0) is 0 Å². The van der Waals surface area contributed by atoms with Crippen molar-refractivity contribution in [3.8, 4) is 11.5 Å². The molecule has 0 aliphatic rings. The average Bonchev–Trinajstić information content (AvgIpc) is 2.97. The second-order valence-corrected chi connectivity index (χ2v) is 5.85. The normalized spacial score (nSPS) is 10.6. The number of rotatable bonds is 4. The molecule has 0 fully saturated rings. The van der Waals surface area contributed by atoms with Crippen molar-refractivity contribution in [1.29, 1.82) is 0 Å². The molecule has 5 nitrogen and oxygen atoms in total. The molecule has 3 rings (SSSR count). The standard InChI is InChI=1S/C17H15BrN2O3/c1-22-15-6-5-12(9-16(15)23-2)19-17(21)14-7-10-3-4-11(18)8-13(10)20-14/h3-9,20H,1-2H3,(H,19,21). The van der Waals surface area contributed by atoms with Crippen molar-refractivity contribution in [2.24, 2.45) is 0 Å². The average molecular weight is 375 g/mol. The molecule has 1 heterocycles. The molecule has 0 aliphatic heterocycles. The number of ether oxygens (including phenoxy) is 2. The summed E-state index contributed by atoms with van der Waals surface area (Å²) in [5, 5.41) is 3.82. The van der Waals surface area contributed by atoms with Gasteiger partial charge in [0, 0.05) is 27.1 Å². The molecule has 2 aromatic carbocycles. The van der Waals surface area contributed by atoms with Crippen molar-refractivity contribution in [2.75, 3.05) is 19.5 Å². The molecule has 23 heavy (non-hydrogen) atoms. The third-order valence-electron chi connectivity index (χ3n) is 3.47. The number of amides is 1. The van der Waals surface area contributed by atoms with Crippen LogP contribution in [0.2, 0.25) is 0 Å². The fraction of sp³-hybridized carbons (Fsp3) is 0.118. The minimum Gasteiger partial charge on any atom is -0.493 e. The number of anilines is 1. The smallest absolute Gasteiger partial charge is 0.272 e. The molecule has 118 valence electrons. The number of hydrogen-bond acceptors (Lipinski definition) is 3. The fourth-order valence-electron chi connectivity index (χ4n) is 2.33. The second-order valence-electron chi connectivity index (χ2n) is 4.94. The van der Waals surface area contributed by atoms with Gasteiger partial charge in [-0.1, -0.05) is 22.0 Å². The first-order valence-corrected chi connectivity index (χ1v) is 7.71. The van der Waals surface area contributed by atoms with Gasteiger partial charge in [0.1, 0.15) is 5.69 Å². The van der Waals surface area contributed by atoms with Crippen LogP contribution in [0.5, 0.6) is 11.5 Å². The highest BCUT2D eigenvalue weighted by atomic mass is 79.9. The van der Waals surface area contributed by atoms with Crippen molar-refractivity contribution >= 4 is 38.4 Å². The summed E-state index contributed by atoms with van der Waals surface area (Å²) in [4.78, 5) is 15.5. The number of methoxy groups -OCH3 is 2. The molecule has 0 unspecified atom stereocenters. The van der Waals surface area contributed by atoms with Gasteiger partial charge < -0.3 is 19.8 Å². The lowest BCUT2D eigenvalue weighted by molar-refractivity contribution is 0.102. The maximum atomic E-state index is 12.4. The van der Waals surface area contributed by atoms with Gasteiger partial charge in [0.25, 0.3) is 5.91 Å². The third kappa shape index (κ3) is 3.17. The predicted octanol–water partition coefficient (Wildman–Crippen LogP) is 4.20. The molecule has 0 spiro atoms. The van der Waals surface area contributed by atoms with Crippen LogP contribution < -0.4 is 14.8 Å². The topological polar surface area (TPSA) is 63.3 Å². The van der Waals surface area contributed by atoms with Gasteiger partial charge in [-0.05, 0) is 30.3 Å². The highest BCUT2D eigenvalue weighted by Gasteiger charge is 2.12. The van der Waals surface area contributed by atoms with Gasteiger partial charge in [-0.25, -0.2) is 0 Å². The first kappa shape index (κ1) is 15.4. The molecule has 0 saturated heterocycles. The number of H-pyrrole nitrogens is 1. The lowest BCUT2D eigenvalue weighted by Gasteiger charge is -2.10. The van der Waals surface area contributed by atoms with Crippen LogP contribution in [-0.4, -0.2) is 25.1 Å². The molecule has 0 bridgehead atoms. The van der Waals surface area contributed by atoms with Gasteiger partial charge in [0.05, 0.1) is 14.2 Å². The monoisotopic (exact) mass is 374 g/mol. The Labute approximate surface area is 141 Å². The van der Waals surface area contributed by atoms with E-state index in [0.717, 1.165) is 15.4 Å². The second kappa shape index (κ2) is 6.34. The van der Waals surface area contributed by atoms with E-state index in [4.69, 9.17) is 9.47 Å². The summed E-state index contributed by atoms with van der Waals surface area (Å²) in [6.45, 7) is 0. The summed E-state index contributed by atoms with van der Waals surface area (Å²) in [6, 6.07) is 12.9. The van der Waals surface area contributed by atoms with E-state index in [2.05, 4.69) is 26.2 Å². The molecule has 0 atom stereocenters. The Morgan fingerprint density at radius 3 is 2.57 bits per heavy atom. The maximum absolute atomic E-state index is 12.4. The Kier molecular flexibility index (Phi) is 4.25. The number of aromatic amines is 1. The summed E-state index contributed by atoms with van der Waals surface area (Å²) in [6.07, 6.45) is 0. The Hall–Kier alpha value is -2.47. The number of aromatic nitrogens is 1. The van der Waals surface area contributed by atoms with E-state index in [0.29, 0.717) is 22.9 Å². The largest absolute Gasteiger partial charge is 0.493 e. The molecule has 0 saturated carbocycles. The van der Waals surface area contributed by atoms with E-state index in [-0.39, 0.29) is 5.91 Å². The van der Waals surface area contributed by atoms with Gasteiger partial charge in [-0.15, -0.1) is 0 Å². The minimum atomic E-state index is -0.218. The molecular weight excluding hydrogens is 360 g/mol. The van der Waals surface area contributed by atoms with Gasteiger partial charge in [0.2, 0.25) is 0 Å². The number of carbonyl (C=O) groups is 1. The Bertz CT molecular complexity index is 873. The van der Waals surface area contributed by atoms with Crippen LogP contribution in [0.4, 0.5) is 5.69 Å². The molecule has 0 aliphatic carbocycles. The van der Waals surface area contributed by atoms with Gasteiger partial charge in [-0.3, -0.25) is 4.79 Å². The van der Waals surface area contributed by atoms with Crippen LogP contribution in [0, 0.1) is 0 Å². The third-order valence-corrected chi connectivity index (χ3v) is 3.96. The van der Waals surface area contributed by atoms with E-state index in [9.17, 15) is 4.79 Å². The van der Waals surface area contributed by atoms with Crippen LogP contribution in [0.15, 0.2) is 46.9 Å². The van der Waals surface area contributed by atoms with Gasteiger partial charge >= 0.3 is 0 Å². The van der Waals surface area contributed by atoms with Gasteiger partial charge in [-0.2, -0.15) is 0 Å². The molecule has 1 aromatic heterocycles. The van der Waals surface area contributed by atoms with Crippen molar-refractivity contribution in [1.82, 2.24) is 4.98 Å². The number of hydrogen-bond donors (Lipinski definition) is 2. The zero-order valence-corrected chi connectivity index (χ0v) is 14.2. The van der Waals surface area contributed by atoms with Crippen molar-refractivity contribution < 1.29 is 14.3 Å². The summed E-state index contributed by atoms with van der Waals surface area (Å²) < 4.78 is 11.4. The highest BCUT2D eigenvalue weighted by Crippen LogP contribution is 2.30. The highest BCUT2D eigenvalue weighted by molar-refractivity contribution is 9.10. The number of halogens is 1. The summed E-state index contributed by atoms with van der Waals surface area (Å²) >= 11 is 3.42. The fourth-order valence-corrected chi connectivity index (χ4v) is 2.70. The number of carbonyl (C=O) groups excluding carboxylic acids is 1. The van der Waals surface area contributed by atoms with Crippen molar-refractivity contribution in [3.63, 3.8) is 0 Å². The van der Waals surface area contributed by atoms with Crippen LogP contribution in [0.3, 0.4) is 0 Å². The van der Waals surface area contributed by atoms with E-state index in [1.165, 1.54) is 0 Å². The van der Waals surface area contributed by atoms with E-state index < -0.39 is 0 Å². The molecule has 2 N–H and O–H groups in total. The van der Waals surface area contributed by atoms with Crippen LogP contribution >= 0.6 is 15.9 Å². The quantitative estimate of drug-likeness (QED) is 0.719. The zero-order valence-electron chi connectivity index (χ0n) is 12.6. The minimum absolute atomic E-state index is 0.218. The molecular formula is C17H15BrN2O3. The van der Waals surface area contributed by atoms with Crippen molar-refractivity contribution in [3.05, 3.63) is 52.6 Å². The molecule has 3 aromatic rings. The lowest BCUT2D eigenvalue weighted by atomic mass is 10.2. The van der Waals surface area contributed by atoms with E-state index in [1.54, 1.807) is 32.4 Å². The maximum Gasteiger partial charge on any atom is 0.272 e.